The maximum Gasteiger partial charge on any atom is 0.335 e. The first-order valence-electron chi connectivity index (χ1n) is 14.3. The Morgan fingerprint density at radius 2 is 1.98 bits per heavy atom. The number of hydrogen-bond donors (Lipinski definition) is 3. The van der Waals surface area contributed by atoms with Crippen LogP contribution in [0, 0.1) is 17.2 Å². The predicted octanol–water partition coefficient (Wildman–Crippen LogP) is 3.42. The summed E-state index contributed by atoms with van der Waals surface area (Å²) in [5.41, 5.74) is 13.0. The Balaban J connectivity index is 0.000000227. The van der Waals surface area contributed by atoms with E-state index < -0.39 is 11.7 Å². The number of benzene rings is 1. The van der Waals surface area contributed by atoms with E-state index in [4.69, 9.17) is 35.9 Å². The van der Waals surface area contributed by atoms with Gasteiger partial charge in [-0.2, -0.15) is 5.26 Å². The molecule has 1 aromatic carbocycles. The van der Waals surface area contributed by atoms with Crippen LogP contribution in [0.1, 0.15) is 45.6 Å². The van der Waals surface area contributed by atoms with Crippen LogP contribution in [0.15, 0.2) is 52.4 Å². The van der Waals surface area contributed by atoms with Crippen LogP contribution in [-0.2, 0) is 19.0 Å². The number of H-pyrrole nitrogens is 1. The van der Waals surface area contributed by atoms with Crippen molar-refractivity contribution in [2.75, 3.05) is 43.5 Å². The molecule has 4 heterocycles. The molecule has 3 aromatic rings. The number of aromatic amines is 1. The van der Waals surface area contributed by atoms with Crippen LogP contribution in [0.3, 0.4) is 0 Å². The summed E-state index contributed by atoms with van der Waals surface area (Å²) in [6, 6.07) is 13.3. The van der Waals surface area contributed by atoms with Crippen LogP contribution in [0.25, 0.3) is 10.9 Å². The Labute approximate surface area is 250 Å². The summed E-state index contributed by atoms with van der Waals surface area (Å²) < 4.78 is 16.1. The molecule has 2 aromatic heterocycles. The molecular formula is C31H39N7O5. The van der Waals surface area contributed by atoms with E-state index in [0.717, 1.165) is 36.2 Å². The molecule has 12 heteroatoms. The predicted molar refractivity (Wildman–Crippen MR) is 165 cm³/mol. The second-order valence-corrected chi connectivity index (χ2v) is 11.4. The first-order chi connectivity index (χ1) is 20.5. The number of carbonyl (C=O) groups is 1. The lowest BCUT2D eigenvalue weighted by Gasteiger charge is -2.29. The Morgan fingerprint density at radius 3 is 2.63 bits per heavy atom. The third kappa shape index (κ3) is 8.76. The van der Waals surface area contributed by atoms with Crippen molar-refractivity contribution in [1.29, 1.82) is 5.26 Å². The zero-order valence-corrected chi connectivity index (χ0v) is 24.8. The number of nitrogens with one attached hydrogen (secondary N) is 1. The van der Waals surface area contributed by atoms with Crippen LogP contribution in [0.4, 0.5) is 17.2 Å². The van der Waals surface area contributed by atoms with Crippen molar-refractivity contribution in [3.05, 3.63) is 58.5 Å². The van der Waals surface area contributed by atoms with Gasteiger partial charge >= 0.3 is 5.97 Å². The van der Waals surface area contributed by atoms with Gasteiger partial charge in [-0.1, -0.05) is 0 Å². The van der Waals surface area contributed by atoms with E-state index in [2.05, 4.69) is 20.9 Å². The fourth-order valence-electron chi connectivity index (χ4n) is 4.74. The molecule has 5 N–H and O–H groups in total. The molecular weight excluding hydrogens is 550 g/mol. The highest BCUT2D eigenvalue weighted by molar-refractivity contribution is 6.03. The van der Waals surface area contributed by atoms with E-state index in [1.165, 1.54) is 6.20 Å². The van der Waals surface area contributed by atoms with Gasteiger partial charge in [-0.3, -0.25) is 4.79 Å². The Hall–Kier alpha value is -4.47. The van der Waals surface area contributed by atoms with Crippen LogP contribution in [0.2, 0.25) is 0 Å². The number of nitrogens with zero attached hydrogens (tertiary/aromatic N) is 4. The van der Waals surface area contributed by atoms with Gasteiger partial charge in [0.2, 0.25) is 0 Å². The first kappa shape index (κ1) is 31.5. The molecule has 2 unspecified atom stereocenters. The van der Waals surface area contributed by atoms with Gasteiger partial charge in [-0.05, 0) is 75.9 Å². The van der Waals surface area contributed by atoms with E-state index in [-0.39, 0.29) is 34.5 Å². The quantitative estimate of drug-likeness (QED) is 0.226. The number of nitrogens with two attached hydrogens (primary N) is 2. The van der Waals surface area contributed by atoms with Crippen LogP contribution in [0.5, 0.6) is 0 Å². The second-order valence-electron chi connectivity index (χ2n) is 11.4. The summed E-state index contributed by atoms with van der Waals surface area (Å²) in [5.74, 6) is 0.989. The lowest BCUT2D eigenvalue weighted by atomic mass is 9.96. The lowest BCUT2D eigenvalue weighted by molar-refractivity contribution is -0.173. The zero-order chi connectivity index (χ0) is 31.0. The summed E-state index contributed by atoms with van der Waals surface area (Å²) >= 11 is 0. The van der Waals surface area contributed by atoms with Gasteiger partial charge < -0.3 is 35.6 Å². The molecule has 0 saturated carbocycles. The molecule has 0 bridgehead atoms. The summed E-state index contributed by atoms with van der Waals surface area (Å²) in [5, 5.41) is 9.49. The number of hydrogen-bond acceptors (Lipinski definition) is 10. The van der Waals surface area contributed by atoms with E-state index in [1.807, 2.05) is 51.1 Å². The number of ether oxygens (including phenoxy) is 3. The molecule has 2 aliphatic heterocycles. The molecule has 43 heavy (non-hydrogen) atoms. The number of pyridine rings is 2. The van der Waals surface area contributed by atoms with Crippen molar-refractivity contribution >= 4 is 39.9 Å². The lowest BCUT2D eigenvalue weighted by Crippen LogP contribution is -2.37. The van der Waals surface area contributed by atoms with E-state index in [9.17, 15) is 9.59 Å². The van der Waals surface area contributed by atoms with Crippen molar-refractivity contribution in [1.82, 2.24) is 9.97 Å². The van der Waals surface area contributed by atoms with Gasteiger partial charge in [-0.25, -0.2) is 14.8 Å². The molecule has 228 valence electrons. The van der Waals surface area contributed by atoms with Gasteiger partial charge in [0, 0.05) is 36.8 Å². The summed E-state index contributed by atoms with van der Waals surface area (Å²) in [6.07, 6.45) is 3.04. The molecule has 0 amide bonds. The minimum absolute atomic E-state index is 0.0756. The summed E-state index contributed by atoms with van der Waals surface area (Å²) in [7, 11) is 0. The topological polar surface area (TPSA) is 182 Å². The first-order valence-corrected chi connectivity index (χ1v) is 14.3. The normalized spacial score (nSPS) is 19.2. The highest BCUT2D eigenvalue weighted by Gasteiger charge is 2.30. The van der Waals surface area contributed by atoms with Crippen LogP contribution < -0.4 is 21.9 Å². The number of morpholine rings is 1. The molecule has 0 spiro atoms. The number of anilines is 2. The summed E-state index contributed by atoms with van der Waals surface area (Å²) in [6.45, 7) is 9.11. The maximum atomic E-state index is 12.0. The Kier molecular flexibility index (Phi) is 10.3. The van der Waals surface area contributed by atoms with Crippen LogP contribution in [-0.4, -0.2) is 66.4 Å². The van der Waals surface area contributed by atoms with Gasteiger partial charge in [-0.15, -0.1) is 0 Å². The van der Waals surface area contributed by atoms with Crippen molar-refractivity contribution in [3.63, 3.8) is 0 Å². The molecule has 2 fully saturated rings. The monoisotopic (exact) mass is 589 g/mol. The molecule has 2 atom stereocenters. The summed E-state index contributed by atoms with van der Waals surface area (Å²) in [4.78, 5) is 37.5. The largest absolute Gasteiger partial charge is 0.458 e. The van der Waals surface area contributed by atoms with E-state index in [1.54, 1.807) is 6.07 Å². The molecule has 0 radical (unpaired) electrons. The Bertz CT molecular complexity index is 1540. The molecule has 2 aliphatic rings. The number of fused-ring (bicyclic) bond motifs is 1. The average Bonchev–Trinajstić information content (AvgIpc) is 2.97. The van der Waals surface area contributed by atoms with Crippen LogP contribution >= 0.6 is 0 Å². The number of amidine groups is 1. The van der Waals surface area contributed by atoms with Crippen molar-refractivity contribution < 1.29 is 19.0 Å². The minimum atomic E-state index is -0.468. The third-order valence-electron chi connectivity index (χ3n) is 6.91. The Morgan fingerprint density at radius 1 is 1.21 bits per heavy atom. The third-order valence-corrected chi connectivity index (χ3v) is 6.91. The molecule has 2 saturated heterocycles. The number of aliphatic imine (C=N–C) groups is 1. The molecule has 12 nitrogen and oxygen atoms in total. The van der Waals surface area contributed by atoms with Gasteiger partial charge in [0.1, 0.15) is 22.8 Å². The maximum absolute atomic E-state index is 12.0. The van der Waals surface area contributed by atoms with Crippen molar-refractivity contribution in [2.24, 2.45) is 16.6 Å². The van der Waals surface area contributed by atoms with Gasteiger partial charge in [0.05, 0.1) is 37.1 Å². The average molecular weight is 590 g/mol. The fourth-order valence-corrected chi connectivity index (χ4v) is 4.74. The fraction of sp³-hybridized carbons (Fsp3) is 0.452. The smallest absolute Gasteiger partial charge is 0.335 e. The van der Waals surface area contributed by atoms with E-state index in [0.29, 0.717) is 38.3 Å². The highest BCUT2D eigenvalue weighted by Crippen LogP contribution is 2.25. The number of aromatic nitrogens is 2. The number of esters is 1. The number of rotatable bonds is 5. The standard InChI is InChI=1S/C19H20N6O2.C12H19NO3/c20-14-5-6-22-19(26)17(14)18(21)23-13-2-3-15-12(11-13)1-4-16(24-15)25-7-9-27-10-8-25;1-12(2,3)16-11(14)10-5-4-9(6-7-13)8-15-10/h1-6,11H,7-10H2,(H2,21,23)(H3,20,22,26);9-10H,4-6,8H2,1-3H3. The SMILES string of the molecule is CC(C)(C)OC(=O)C1CCC(CC#N)CO1.NC(=Nc1ccc2nc(N3CCOCC3)ccc2c1)c1c(N)cc[nH]c1=O. The molecule has 5 rings (SSSR count). The van der Waals surface area contributed by atoms with Crippen molar-refractivity contribution in [3.8, 4) is 6.07 Å². The minimum Gasteiger partial charge on any atom is -0.458 e. The second kappa shape index (κ2) is 14.1. The van der Waals surface area contributed by atoms with Gasteiger partial charge in [0.25, 0.3) is 5.56 Å². The zero-order valence-electron chi connectivity index (χ0n) is 24.8. The van der Waals surface area contributed by atoms with Gasteiger partial charge in [0.15, 0.2) is 6.10 Å². The van der Waals surface area contributed by atoms with E-state index >= 15 is 0 Å². The van der Waals surface area contributed by atoms with Crippen molar-refractivity contribution in [2.45, 2.75) is 51.7 Å². The molecule has 0 aliphatic carbocycles. The number of carbonyl (C=O) groups excluding carboxylic acids is 1. The highest BCUT2D eigenvalue weighted by atomic mass is 16.6. The number of nitrogen functional groups attached to an aromatic ring is 1. The number of nitriles is 1.